The van der Waals surface area contributed by atoms with Crippen molar-refractivity contribution in [3.63, 3.8) is 0 Å². The molecule has 0 radical (unpaired) electrons. The van der Waals surface area contributed by atoms with E-state index in [1.165, 1.54) is 4.68 Å². The molecule has 1 atom stereocenters. The Morgan fingerprint density at radius 1 is 1.56 bits per heavy atom. The van der Waals surface area contributed by atoms with Crippen LogP contribution in [0.15, 0.2) is 11.0 Å². The smallest absolute Gasteiger partial charge is 0.287 e. The Labute approximate surface area is 112 Å². The highest BCUT2D eigenvalue weighted by atomic mass is 35.5. The Morgan fingerprint density at radius 2 is 2.22 bits per heavy atom. The molecule has 0 aliphatic rings. The molecule has 0 bridgehead atoms. The second-order valence-electron chi connectivity index (χ2n) is 4.46. The molecular weight excluding hydrogens is 254 g/mol. The fourth-order valence-electron chi connectivity index (χ4n) is 1.46. The maximum absolute atomic E-state index is 11.7. The van der Waals surface area contributed by atoms with Crippen molar-refractivity contribution in [2.45, 2.75) is 26.8 Å². The molecule has 0 spiro atoms. The number of aromatic nitrogens is 2. The highest BCUT2D eigenvalue weighted by Gasteiger charge is 2.16. The van der Waals surface area contributed by atoms with Gasteiger partial charge in [0.1, 0.15) is 5.02 Å². The van der Waals surface area contributed by atoms with Gasteiger partial charge in [-0.2, -0.15) is 5.10 Å². The van der Waals surface area contributed by atoms with Crippen LogP contribution in [-0.4, -0.2) is 29.0 Å². The van der Waals surface area contributed by atoms with Gasteiger partial charge < -0.3 is 10.1 Å². The molecule has 0 aliphatic carbocycles. The molecule has 1 aromatic heterocycles. The third kappa shape index (κ3) is 3.71. The van der Waals surface area contributed by atoms with Crippen LogP contribution in [0.5, 0.6) is 0 Å². The number of aryl methyl sites for hydroxylation is 1. The van der Waals surface area contributed by atoms with Gasteiger partial charge in [0.05, 0.1) is 24.5 Å². The van der Waals surface area contributed by atoms with Gasteiger partial charge in [0.2, 0.25) is 0 Å². The van der Waals surface area contributed by atoms with Crippen molar-refractivity contribution < 1.29 is 4.74 Å². The van der Waals surface area contributed by atoms with Gasteiger partial charge in [-0.15, -0.1) is 0 Å². The lowest BCUT2D eigenvalue weighted by Crippen LogP contribution is -2.32. The predicted molar refractivity (Wildman–Crippen MR) is 73.2 cm³/mol. The highest BCUT2D eigenvalue weighted by molar-refractivity contribution is 6.32. The molecule has 1 aromatic rings. The second kappa shape index (κ2) is 6.75. The van der Waals surface area contributed by atoms with Gasteiger partial charge in [-0.25, -0.2) is 4.68 Å². The standard InChI is InChI=1S/C12H20ClN3O2/c1-5-18-7-10(8(2)3)15-9-6-14-16(4)12(17)11(9)13/h6,8,10,15H,5,7H2,1-4H3. The van der Waals surface area contributed by atoms with E-state index in [1.807, 2.05) is 6.92 Å². The van der Waals surface area contributed by atoms with Crippen molar-refractivity contribution in [2.24, 2.45) is 13.0 Å². The number of nitrogens with one attached hydrogen (secondary N) is 1. The van der Waals surface area contributed by atoms with Crippen LogP contribution in [0, 0.1) is 5.92 Å². The molecule has 5 nitrogen and oxygen atoms in total. The number of hydrogen-bond acceptors (Lipinski definition) is 4. The van der Waals surface area contributed by atoms with E-state index in [0.717, 1.165) is 0 Å². The van der Waals surface area contributed by atoms with Crippen LogP contribution in [0.4, 0.5) is 5.69 Å². The van der Waals surface area contributed by atoms with E-state index < -0.39 is 0 Å². The second-order valence-corrected chi connectivity index (χ2v) is 4.83. The van der Waals surface area contributed by atoms with Gasteiger partial charge in [0.25, 0.3) is 5.56 Å². The van der Waals surface area contributed by atoms with Crippen molar-refractivity contribution in [3.05, 3.63) is 21.6 Å². The molecule has 18 heavy (non-hydrogen) atoms. The summed E-state index contributed by atoms with van der Waals surface area (Å²) >= 11 is 6.00. The molecule has 1 N–H and O–H groups in total. The van der Waals surface area contributed by atoms with E-state index in [0.29, 0.717) is 24.8 Å². The zero-order valence-electron chi connectivity index (χ0n) is 11.2. The lowest BCUT2D eigenvalue weighted by Gasteiger charge is -2.23. The molecule has 0 saturated heterocycles. The summed E-state index contributed by atoms with van der Waals surface area (Å²) in [6, 6.07) is 0.0938. The quantitative estimate of drug-likeness (QED) is 0.860. The first-order valence-corrected chi connectivity index (χ1v) is 6.41. The van der Waals surface area contributed by atoms with Crippen LogP contribution in [0.1, 0.15) is 20.8 Å². The zero-order chi connectivity index (χ0) is 13.7. The van der Waals surface area contributed by atoms with Gasteiger partial charge in [0.15, 0.2) is 0 Å². The summed E-state index contributed by atoms with van der Waals surface area (Å²) in [5.41, 5.74) is 0.249. The fraction of sp³-hybridized carbons (Fsp3) is 0.667. The largest absolute Gasteiger partial charge is 0.380 e. The van der Waals surface area contributed by atoms with Crippen molar-refractivity contribution in [1.29, 1.82) is 0 Å². The van der Waals surface area contributed by atoms with E-state index in [4.69, 9.17) is 16.3 Å². The third-order valence-corrected chi connectivity index (χ3v) is 3.09. The van der Waals surface area contributed by atoms with Gasteiger partial charge in [-0.3, -0.25) is 4.79 Å². The van der Waals surface area contributed by atoms with Crippen LogP contribution in [-0.2, 0) is 11.8 Å². The Hall–Kier alpha value is -1.07. The molecule has 0 aromatic carbocycles. The van der Waals surface area contributed by atoms with Gasteiger partial charge in [-0.1, -0.05) is 25.4 Å². The van der Waals surface area contributed by atoms with Crippen LogP contribution in [0.3, 0.4) is 0 Å². The molecular formula is C12H20ClN3O2. The molecule has 0 amide bonds. The number of rotatable bonds is 6. The van der Waals surface area contributed by atoms with E-state index in [1.54, 1.807) is 13.2 Å². The number of hydrogen-bond donors (Lipinski definition) is 1. The Bertz CT molecular complexity index is 445. The summed E-state index contributed by atoms with van der Waals surface area (Å²) in [6.45, 7) is 7.34. The van der Waals surface area contributed by atoms with Crippen molar-refractivity contribution in [3.8, 4) is 0 Å². The minimum absolute atomic E-state index is 0.0938. The molecule has 102 valence electrons. The topological polar surface area (TPSA) is 56.1 Å². The SMILES string of the molecule is CCOCC(Nc1cnn(C)c(=O)c1Cl)C(C)C. The first kappa shape index (κ1) is 15.0. The van der Waals surface area contributed by atoms with Crippen molar-refractivity contribution in [1.82, 2.24) is 9.78 Å². The number of halogens is 1. The van der Waals surface area contributed by atoms with Crippen molar-refractivity contribution >= 4 is 17.3 Å². The van der Waals surface area contributed by atoms with E-state index >= 15 is 0 Å². The summed E-state index contributed by atoms with van der Waals surface area (Å²) in [5.74, 6) is 0.358. The van der Waals surface area contributed by atoms with Crippen LogP contribution in [0.2, 0.25) is 5.02 Å². The molecule has 1 heterocycles. The average molecular weight is 274 g/mol. The van der Waals surface area contributed by atoms with Crippen molar-refractivity contribution in [2.75, 3.05) is 18.5 Å². The van der Waals surface area contributed by atoms with E-state index in [2.05, 4.69) is 24.3 Å². The van der Waals surface area contributed by atoms with Gasteiger partial charge in [0, 0.05) is 13.7 Å². The first-order chi connectivity index (χ1) is 8.47. The minimum atomic E-state index is -0.305. The third-order valence-electron chi connectivity index (χ3n) is 2.73. The van der Waals surface area contributed by atoms with E-state index in [-0.39, 0.29) is 16.6 Å². The fourth-order valence-corrected chi connectivity index (χ4v) is 1.68. The summed E-state index contributed by atoms with van der Waals surface area (Å²) in [6.07, 6.45) is 1.56. The molecule has 1 unspecified atom stereocenters. The van der Waals surface area contributed by atoms with Crippen LogP contribution >= 0.6 is 11.6 Å². The molecule has 0 aliphatic heterocycles. The van der Waals surface area contributed by atoms with Crippen LogP contribution < -0.4 is 10.9 Å². The van der Waals surface area contributed by atoms with Gasteiger partial charge >= 0.3 is 0 Å². The Balaban J connectivity index is 2.87. The average Bonchev–Trinajstić information content (AvgIpc) is 2.33. The first-order valence-electron chi connectivity index (χ1n) is 6.03. The molecule has 0 fully saturated rings. The molecule has 6 heteroatoms. The maximum Gasteiger partial charge on any atom is 0.287 e. The van der Waals surface area contributed by atoms with E-state index in [9.17, 15) is 4.79 Å². The predicted octanol–water partition coefficient (Wildman–Crippen LogP) is 1.91. The zero-order valence-corrected chi connectivity index (χ0v) is 12.0. The van der Waals surface area contributed by atoms with Gasteiger partial charge in [-0.05, 0) is 12.8 Å². The monoisotopic (exact) mass is 273 g/mol. The Morgan fingerprint density at radius 3 is 2.78 bits per heavy atom. The number of ether oxygens (including phenoxy) is 1. The molecule has 0 saturated carbocycles. The Kier molecular flexibility index (Phi) is 5.62. The summed E-state index contributed by atoms with van der Waals surface area (Å²) in [4.78, 5) is 11.7. The molecule has 1 rings (SSSR count). The maximum atomic E-state index is 11.7. The minimum Gasteiger partial charge on any atom is -0.380 e. The number of anilines is 1. The highest BCUT2D eigenvalue weighted by Crippen LogP contribution is 2.18. The lowest BCUT2D eigenvalue weighted by molar-refractivity contribution is 0.127. The normalized spacial score (nSPS) is 12.8. The summed E-state index contributed by atoms with van der Waals surface area (Å²) < 4.78 is 6.62. The summed E-state index contributed by atoms with van der Waals surface area (Å²) in [5, 5.41) is 7.33. The lowest BCUT2D eigenvalue weighted by atomic mass is 10.1. The van der Waals surface area contributed by atoms with Crippen LogP contribution in [0.25, 0.3) is 0 Å². The summed E-state index contributed by atoms with van der Waals surface area (Å²) in [7, 11) is 1.57. The number of nitrogens with zero attached hydrogens (tertiary/aromatic N) is 2.